The van der Waals surface area contributed by atoms with Crippen molar-refractivity contribution in [2.24, 2.45) is 0 Å². The van der Waals surface area contributed by atoms with E-state index in [0.29, 0.717) is 17.7 Å². The Morgan fingerprint density at radius 1 is 1.43 bits per heavy atom. The van der Waals surface area contributed by atoms with Crippen LogP contribution < -0.4 is 10.1 Å². The molecular weight excluding hydrogens is 341 g/mol. The predicted octanol–water partition coefficient (Wildman–Crippen LogP) is 4.49. The molecule has 0 aliphatic heterocycles. The molecular formula is C16H17ClFNO3S. The first-order chi connectivity index (χ1) is 11.1. The molecule has 0 fully saturated rings. The minimum atomic E-state index is -0.493. The minimum Gasteiger partial charge on any atom is -0.485 e. The fourth-order valence-electron chi connectivity index (χ4n) is 1.94. The lowest BCUT2D eigenvalue weighted by Gasteiger charge is -2.18. The SMILES string of the molecule is CNC(=O)OCCC(Oc1ccc(CCl)c(F)c1)c1cccs1. The standard InChI is InChI=1S/C16H17ClFNO3S/c1-19-16(20)21-7-6-14(15-3-2-8-23-15)22-12-5-4-11(10-17)13(18)9-12/h2-5,8-9,14H,6-7,10H2,1H3,(H,19,20). The second-order valence-corrected chi connectivity index (χ2v) is 5.93. The third-order valence-electron chi connectivity index (χ3n) is 3.12. The van der Waals surface area contributed by atoms with Gasteiger partial charge in [-0.15, -0.1) is 22.9 Å². The molecule has 1 unspecified atom stereocenters. The smallest absolute Gasteiger partial charge is 0.406 e. The molecule has 7 heteroatoms. The molecule has 0 saturated heterocycles. The van der Waals surface area contributed by atoms with Crippen molar-refractivity contribution < 1.29 is 18.7 Å². The Kier molecular flexibility index (Phi) is 6.67. The van der Waals surface area contributed by atoms with Crippen LogP contribution in [0.3, 0.4) is 0 Å². The third kappa shape index (κ3) is 5.11. The van der Waals surface area contributed by atoms with Gasteiger partial charge >= 0.3 is 6.09 Å². The van der Waals surface area contributed by atoms with E-state index in [4.69, 9.17) is 21.1 Å². The van der Waals surface area contributed by atoms with Crippen LogP contribution in [0.15, 0.2) is 35.7 Å². The van der Waals surface area contributed by atoms with Crippen LogP contribution in [-0.4, -0.2) is 19.7 Å². The average molecular weight is 358 g/mol. The van der Waals surface area contributed by atoms with Gasteiger partial charge < -0.3 is 14.8 Å². The van der Waals surface area contributed by atoms with Crippen molar-refractivity contribution in [1.29, 1.82) is 0 Å². The monoisotopic (exact) mass is 357 g/mol. The van der Waals surface area contributed by atoms with E-state index in [2.05, 4.69) is 5.32 Å². The lowest BCUT2D eigenvalue weighted by molar-refractivity contribution is 0.118. The topological polar surface area (TPSA) is 47.6 Å². The highest BCUT2D eigenvalue weighted by molar-refractivity contribution is 7.10. The number of nitrogens with one attached hydrogen (secondary N) is 1. The third-order valence-corrected chi connectivity index (χ3v) is 4.38. The lowest BCUT2D eigenvalue weighted by Crippen LogP contribution is -2.21. The zero-order valence-corrected chi connectivity index (χ0v) is 14.1. The highest BCUT2D eigenvalue weighted by Gasteiger charge is 2.16. The fraction of sp³-hybridized carbons (Fsp3) is 0.312. The molecule has 0 bridgehead atoms. The Bertz CT molecular complexity index is 636. The molecule has 1 atom stereocenters. The van der Waals surface area contributed by atoms with Gasteiger partial charge in [-0.3, -0.25) is 0 Å². The molecule has 0 aliphatic rings. The lowest BCUT2D eigenvalue weighted by atomic mass is 10.2. The highest BCUT2D eigenvalue weighted by atomic mass is 35.5. The first-order valence-electron chi connectivity index (χ1n) is 7.03. The molecule has 2 aromatic rings. The van der Waals surface area contributed by atoms with E-state index in [1.165, 1.54) is 24.5 Å². The average Bonchev–Trinajstić information content (AvgIpc) is 3.08. The van der Waals surface area contributed by atoms with Gasteiger partial charge in [0.05, 0.1) is 12.5 Å². The van der Waals surface area contributed by atoms with Crippen LogP contribution in [0, 0.1) is 5.82 Å². The van der Waals surface area contributed by atoms with Gasteiger partial charge in [-0.25, -0.2) is 9.18 Å². The van der Waals surface area contributed by atoms with Gasteiger partial charge in [0, 0.05) is 30.0 Å². The summed E-state index contributed by atoms with van der Waals surface area (Å²) >= 11 is 7.18. The number of thiophene rings is 1. The van der Waals surface area contributed by atoms with E-state index in [-0.39, 0.29) is 18.6 Å². The summed E-state index contributed by atoms with van der Waals surface area (Å²) in [5.74, 6) is 0.124. The summed E-state index contributed by atoms with van der Waals surface area (Å²) < 4.78 is 24.7. The molecule has 1 N–H and O–H groups in total. The fourth-order valence-corrected chi connectivity index (χ4v) is 2.94. The van der Waals surface area contributed by atoms with Crippen molar-refractivity contribution in [3.63, 3.8) is 0 Å². The number of amides is 1. The Morgan fingerprint density at radius 2 is 2.26 bits per heavy atom. The quantitative estimate of drug-likeness (QED) is 0.742. The first kappa shape index (κ1) is 17.6. The van der Waals surface area contributed by atoms with Gasteiger partial charge in [-0.05, 0) is 17.5 Å². The number of rotatable bonds is 7. The molecule has 1 heterocycles. The summed E-state index contributed by atoms with van der Waals surface area (Å²) in [7, 11) is 1.50. The zero-order chi connectivity index (χ0) is 16.7. The van der Waals surface area contributed by atoms with E-state index in [9.17, 15) is 9.18 Å². The molecule has 0 radical (unpaired) electrons. The zero-order valence-electron chi connectivity index (χ0n) is 12.6. The molecule has 1 aromatic carbocycles. The van der Waals surface area contributed by atoms with E-state index in [0.717, 1.165) is 4.88 Å². The minimum absolute atomic E-state index is 0.112. The van der Waals surface area contributed by atoms with Crippen LogP contribution in [0.25, 0.3) is 0 Å². The molecule has 1 aromatic heterocycles. The number of benzene rings is 1. The van der Waals surface area contributed by atoms with Crippen molar-refractivity contribution in [3.05, 3.63) is 52.0 Å². The number of hydrogen-bond donors (Lipinski definition) is 1. The molecule has 23 heavy (non-hydrogen) atoms. The van der Waals surface area contributed by atoms with Crippen molar-refractivity contribution in [1.82, 2.24) is 5.32 Å². The maximum atomic E-state index is 13.8. The molecule has 2 rings (SSSR count). The van der Waals surface area contributed by atoms with Crippen LogP contribution in [0.1, 0.15) is 23.0 Å². The van der Waals surface area contributed by atoms with E-state index in [1.54, 1.807) is 12.1 Å². The summed E-state index contributed by atoms with van der Waals surface area (Å²) in [5.41, 5.74) is 0.426. The Morgan fingerprint density at radius 3 is 2.87 bits per heavy atom. The predicted molar refractivity (Wildman–Crippen MR) is 88.7 cm³/mol. The van der Waals surface area contributed by atoms with Gasteiger partial charge in [0.15, 0.2) is 0 Å². The summed E-state index contributed by atoms with van der Waals surface area (Å²) in [4.78, 5) is 12.1. The summed E-state index contributed by atoms with van der Waals surface area (Å²) in [6.07, 6.45) is -0.347. The van der Waals surface area contributed by atoms with E-state index in [1.807, 2.05) is 17.5 Å². The summed E-state index contributed by atoms with van der Waals surface area (Å²) in [6, 6.07) is 8.44. The molecule has 0 aliphatic carbocycles. The van der Waals surface area contributed by atoms with Crippen molar-refractivity contribution >= 4 is 29.0 Å². The van der Waals surface area contributed by atoms with Gasteiger partial charge in [0.25, 0.3) is 0 Å². The Balaban J connectivity index is 2.05. The van der Waals surface area contributed by atoms with Crippen LogP contribution >= 0.6 is 22.9 Å². The van der Waals surface area contributed by atoms with Crippen LogP contribution in [0.4, 0.5) is 9.18 Å². The maximum Gasteiger partial charge on any atom is 0.406 e. The number of carbonyl (C=O) groups excluding carboxylic acids is 1. The normalized spacial score (nSPS) is 11.8. The van der Waals surface area contributed by atoms with E-state index < -0.39 is 11.9 Å². The van der Waals surface area contributed by atoms with Crippen molar-refractivity contribution in [3.8, 4) is 5.75 Å². The molecule has 1 amide bonds. The maximum absolute atomic E-state index is 13.8. The van der Waals surface area contributed by atoms with Crippen LogP contribution in [0.5, 0.6) is 5.75 Å². The number of hydrogen-bond acceptors (Lipinski definition) is 4. The molecule has 0 saturated carbocycles. The molecule has 0 spiro atoms. The summed E-state index contributed by atoms with van der Waals surface area (Å²) in [6.45, 7) is 0.199. The first-order valence-corrected chi connectivity index (χ1v) is 8.44. The van der Waals surface area contributed by atoms with Crippen LogP contribution in [-0.2, 0) is 10.6 Å². The number of alkyl halides is 1. The number of ether oxygens (including phenoxy) is 2. The number of alkyl carbamates (subject to hydrolysis) is 1. The van der Waals surface area contributed by atoms with Gasteiger partial charge in [-0.2, -0.15) is 0 Å². The van der Waals surface area contributed by atoms with Crippen molar-refractivity contribution in [2.45, 2.75) is 18.4 Å². The number of carbonyl (C=O) groups is 1. The van der Waals surface area contributed by atoms with Gasteiger partial charge in [0.1, 0.15) is 17.7 Å². The molecule has 4 nitrogen and oxygen atoms in total. The van der Waals surface area contributed by atoms with Gasteiger partial charge in [0.2, 0.25) is 0 Å². The molecule has 124 valence electrons. The second-order valence-electron chi connectivity index (χ2n) is 4.68. The second kappa shape index (κ2) is 8.74. The highest BCUT2D eigenvalue weighted by Crippen LogP contribution is 2.29. The van der Waals surface area contributed by atoms with Gasteiger partial charge in [-0.1, -0.05) is 12.1 Å². The van der Waals surface area contributed by atoms with E-state index >= 15 is 0 Å². The van der Waals surface area contributed by atoms with Crippen LogP contribution in [0.2, 0.25) is 0 Å². The van der Waals surface area contributed by atoms with Crippen molar-refractivity contribution in [2.75, 3.05) is 13.7 Å². The Labute approximate surface area is 143 Å². The largest absolute Gasteiger partial charge is 0.485 e. The Hall–Kier alpha value is -1.79. The summed E-state index contributed by atoms with van der Waals surface area (Å²) in [5, 5.41) is 4.31. The number of halogens is 2.